The summed E-state index contributed by atoms with van der Waals surface area (Å²) in [7, 11) is 3.16. The van der Waals surface area contributed by atoms with Gasteiger partial charge >= 0.3 is 0 Å². The van der Waals surface area contributed by atoms with E-state index in [0.29, 0.717) is 30.2 Å². The standard InChI is InChI=1S/C17H21N3O4/c1-23-14-5-3-12(9-15(14)24-2)7-8-19-16(21)11-20-10-13(18)4-6-17(20)22/h3-6,9-10H,7-8,11,18H2,1-2H3,(H,19,21). The molecule has 3 N–H and O–H groups in total. The average molecular weight is 331 g/mol. The number of ether oxygens (including phenoxy) is 2. The Labute approximate surface area is 140 Å². The minimum atomic E-state index is -0.265. The number of methoxy groups -OCH3 is 2. The summed E-state index contributed by atoms with van der Waals surface area (Å²) in [6.45, 7) is 0.390. The quantitative estimate of drug-likeness (QED) is 0.783. The Kier molecular flexibility index (Phi) is 5.83. The van der Waals surface area contributed by atoms with Crippen LogP contribution in [0.3, 0.4) is 0 Å². The summed E-state index contributed by atoms with van der Waals surface area (Å²) in [5, 5.41) is 2.78. The number of anilines is 1. The summed E-state index contributed by atoms with van der Waals surface area (Å²) in [5.74, 6) is 1.06. The van der Waals surface area contributed by atoms with Gasteiger partial charge in [-0.15, -0.1) is 0 Å². The number of amides is 1. The Morgan fingerprint density at radius 1 is 1.17 bits per heavy atom. The van der Waals surface area contributed by atoms with Crippen LogP contribution in [-0.2, 0) is 17.8 Å². The number of pyridine rings is 1. The summed E-state index contributed by atoms with van der Waals surface area (Å²) in [6, 6.07) is 8.45. The summed E-state index contributed by atoms with van der Waals surface area (Å²) in [6.07, 6.45) is 2.09. The number of hydrogen-bond donors (Lipinski definition) is 2. The fourth-order valence-corrected chi connectivity index (χ4v) is 2.27. The van der Waals surface area contributed by atoms with Crippen molar-refractivity contribution in [1.82, 2.24) is 9.88 Å². The highest BCUT2D eigenvalue weighted by Gasteiger charge is 2.07. The van der Waals surface area contributed by atoms with Gasteiger partial charge in [0.25, 0.3) is 5.56 Å². The molecule has 0 saturated carbocycles. The summed E-state index contributed by atoms with van der Waals surface area (Å²) >= 11 is 0. The van der Waals surface area contributed by atoms with Gasteiger partial charge < -0.3 is 25.1 Å². The third-order valence-corrected chi connectivity index (χ3v) is 3.50. The maximum Gasteiger partial charge on any atom is 0.251 e. The number of hydrogen-bond acceptors (Lipinski definition) is 5. The molecule has 0 radical (unpaired) electrons. The second-order valence-electron chi connectivity index (χ2n) is 5.22. The first kappa shape index (κ1) is 17.4. The first-order valence-electron chi connectivity index (χ1n) is 7.47. The fourth-order valence-electron chi connectivity index (χ4n) is 2.27. The molecule has 0 atom stereocenters. The molecule has 0 fully saturated rings. The zero-order valence-electron chi connectivity index (χ0n) is 13.7. The molecule has 1 aromatic carbocycles. The number of carbonyl (C=O) groups is 1. The molecule has 128 valence electrons. The first-order chi connectivity index (χ1) is 11.5. The Balaban J connectivity index is 1.88. The van der Waals surface area contributed by atoms with Crippen molar-refractivity contribution in [3.05, 3.63) is 52.4 Å². The second kappa shape index (κ2) is 8.05. The summed E-state index contributed by atoms with van der Waals surface area (Å²) in [5.41, 5.74) is 6.80. The van der Waals surface area contributed by atoms with Gasteiger partial charge in [-0.25, -0.2) is 0 Å². The number of carbonyl (C=O) groups excluding carboxylic acids is 1. The van der Waals surface area contributed by atoms with Crippen molar-refractivity contribution >= 4 is 11.6 Å². The van der Waals surface area contributed by atoms with Gasteiger partial charge in [-0.3, -0.25) is 9.59 Å². The van der Waals surface area contributed by atoms with Crippen molar-refractivity contribution in [3.63, 3.8) is 0 Å². The van der Waals surface area contributed by atoms with Crippen molar-refractivity contribution in [2.75, 3.05) is 26.5 Å². The largest absolute Gasteiger partial charge is 0.493 e. The molecule has 0 bridgehead atoms. The zero-order chi connectivity index (χ0) is 17.5. The molecule has 0 aliphatic carbocycles. The monoisotopic (exact) mass is 331 g/mol. The molecule has 7 heteroatoms. The predicted molar refractivity (Wildman–Crippen MR) is 91.4 cm³/mol. The van der Waals surface area contributed by atoms with Crippen molar-refractivity contribution in [2.45, 2.75) is 13.0 Å². The minimum Gasteiger partial charge on any atom is -0.493 e. The molecule has 1 amide bonds. The van der Waals surface area contributed by atoms with Gasteiger partial charge in [-0.05, 0) is 30.2 Å². The number of benzene rings is 1. The van der Waals surface area contributed by atoms with Gasteiger partial charge in [0.05, 0.1) is 14.2 Å². The molecule has 0 aliphatic rings. The van der Waals surface area contributed by atoms with Crippen LogP contribution in [0.25, 0.3) is 0 Å². The summed E-state index contributed by atoms with van der Waals surface area (Å²) < 4.78 is 11.7. The molecule has 0 saturated heterocycles. The van der Waals surface area contributed by atoms with Gasteiger partial charge in [0.1, 0.15) is 6.54 Å². The topological polar surface area (TPSA) is 95.6 Å². The third-order valence-electron chi connectivity index (χ3n) is 3.50. The lowest BCUT2D eigenvalue weighted by Crippen LogP contribution is -2.33. The SMILES string of the molecule is COc1ccc(CCNC(=O)Cn2cc(N)ccc2=O)cc1OC. The lowest BCUT2D eigenvalue weighted by atomic mass is 10.1. The molecule has 2 aromatic rings. The molecule has 0 spiro atoms. The van der Waals surface area contributed by atoms with Crippen LogP contribution in [0.4, 0.5) is 5.69 Å². The number of rotatable bonds is 7. The number of nitrogens with two attached hydrogens (primary N) is 1. The Morgan fingerprint density at radius 2 is 1.92 bits per heavy atom. The average Bonchev–Trinajstić information content (AvgIpc) is 2.58. The van der Waals surface area contributed by atoms with Crippen LogP contribution in [0, 0.1) is 0 Å². The van der Waals surface area contributed by atoms with E-state index in [9.17, 15) is 9.59 Å². The summed E-state index contributed by atoms with van der Waals surface area (Å²) in [4.78, 5) is 23.6. The van der Waals surface area contributed by atoms with E-state index in [0.717, 1.165) is 5.56 Å². The Hall–Kier alpha value is -2.96. The van der Waals surface area contributed by atoms with E-state index in [4.69, 9.17) is 15.2 Å². The number of nitrogens with one attached hydrogen (secondary N) is 1. The predicted octanol–water partition coefficient (Wildman–Crippen LogP) is 0.807. The van der Waals surface area contributed by atoms with E-state index in [-0.39, 0.29) is 18.0 Å². The lowest BCUT2D eigenvalue weighted by Gasteiger charge is -2.10. The normalized spacial score (nSPS) is 10.2. The van der Waals surface area contributed by atoms with Crippen molar-refractivity contribution < 1.29 is 14.3 Å². The molecule has 24 heavy (non-hydrogen) atoms. The van der Waals surface area contributed by atoms with Crippen LogP contribution < -0.4 is 26.1 Å². The van der Waals surface area contributed by atoms with Gasteiger partial charge in [0, 0.05) is 24.5 Å². The van der Waals surface area contributed by atoms with Crippen molar-refractivity contribution in [2.24, 2.45) is 0 Å². The maximum atomic E-state index is 11.9. The van der Waals surface area contributed by atoms with E-state index < -0.39 is 0 Å². The van der Waals surface area contributed by atoms with Crippen LogP contribution in [0.2, 0.25) is 0 Å². The van der Waals surface area contributed by atoms with Crippen LogP contribution in [0.1, 0.15) is 5.56 Å². The van der Waals surface area contributed by atoms with E-state index >= 15 is 0 Å². The molecular weight excluding hydrogens is 310 g/mol. The highest BCUT2D eigenvalue weighted by molar-refractivity contribution is 5.75. The molecule has 1 heterocycles. The first-order valence-corrected chi connectivity index (χ1v) is 7.47. The highest BCUT2D eigenvalue weighted by Crippen LogP contribution is 2.27. The van der Waals surface area contributed by atoms with Crippen LogP contribution in [0.15, 0.2) is 41.3 Å². The Bertz CT molecular complexity index is 771. The van der Waals surface area contributed by atoms with Gasteiger partial charge in [0.2, 0.25) is 5.91 Å². The Morgan fingerprint density at radius 3 is 2.62 bits per heavy atom. The van der Waals surface area contributed by atoms with Crippen LogP contribution in [-0.4, -0.2) is 31.2 Å². The smallest absolute Gasteiger partial charge is 0.251 e. The van der Waals surface area contributed by atoms with Gasteiger partial charge in [-0.2, -0.15) is 0 Å². The molecule has 7 nitrogen and oxygen atoms in total. The molecule has 0 aliphatic heterocycles. The van der Waals surface area contributed by atoms with Crippen LogP contribution in [0.5, 0.6) is 11.5 Å². The van der Waals surface area contributed by atoms with E-state index in [1.54, 1.807) is 14.2 Å². The zero-order valence-corrected chi connectivity index (χ0v) is 13.7. The van der Waals surface area contributed by atoms with Crippen LogP contribution >= 0.6 is 0 Å². The minimum absolute atomic E-state index is 0.0597. The van der Waals surface area contributed by atoms with E-state index in [2.05, 4.69) is 5.32 Å². The van der Waals surface area contributed by atoms with Gasteiger partial charge in [0.15, 0.2) is 11.5 Å². The molecule has 0 unspecified atom stereocenters. The second-order valence-corrected chi connectivity index (χ2v) is 5.22. The highest BCUT2D eigenvalue weighted by atomic mass is 16.5. The van der Waals surface area contributed by atoms with E-state index in [1.165, 1.54) is 22.9 Å². The molecule has 2 rings (SSSR count). The van der Waals surface area contributed by atoms with Crippen molar-refractivity contribution in [1.29, 1.82) is 0 Å². The third kappa shape index (κ3) is 4.52. The maximum absolute atomic E-state index is 11.9. The molecular formula is C17H21N3O4. The van der Waals surface area contributed by atoms with Crippen molar-refractivity contribution in [3.8, 4) is 11.5 Å². The number of aromatic nitrogens is 1. The fraction of sp³-hybridized carbons (Fsp3) is 0.294. The number of nitrogens with zero attached hydrogens (tertiary/aromatic N) is 1. The van der Waals surface area contributed by atoms with E-state index in [1.807, 2.05) is 18.2 Å². The molecule has 1 aromatic heterocycles. The lowest BCUT2D eigenvalue weighted by molar-refractivity contribution is -0.121. The van der Waals surface area contributed by atoms with Gasteiger partial charge in [-0.1, -0.05) is 6.07 Å². The number of nitrogen functional groups attached to an aromatic ring is 1.